The lowest BCUT2D eigenvalue weighted by atomic mass is 9.78. The first-order chi connectivity index (χ1) is 8.45. The van der Waals surface area contributed by atoms with Gasteiger partial charge in [0.15, 0.2) is 0 Å². The summed E-state index contributed by atoms with van der Waals surface area (Å²) in [7, 11) is 0. The van der Waals surface area contributed by atoms with Gasteiger partial charge >= 0.3 is 0 Å². The van der Waals surface area contributed by atoms with Crippen molar-refractivity contribution < 1.29 is 0 Å². The Kier molecular flexibility index (Phi) is 6.65. The van der Waals surface area contributed by atoms with E-state index in [9.17, 15) is 0 Å². The molecule has 18 heavy (non-hydrogen) atoms. The second-order valence-electron chi connectivity index (χ2n) is 7.12. The molecule has 2 nitrogen and oxygen atoms in total. The number of hydrogen-bond acceptors (Lipinski definition) is 2. The lowest BCUT2D eigenvalue weighted by Crippen LogP contribution is -2.42. The molecule has 1 aliphatic heterocycles. The summed E-state index contributed by atoms with van der Waals surface area (Å²) in [5, 5.41) is 3.57. The first-order valence-corrected chi connectivity index (χ1v) is 7.88. The van der Waals surface area contributed by atoms with E-state index in [2.05, 4.69) is 44.8 Å². The van der Waals surface area contributed by atoms with Crippen LogP contribution in [0, 0.1) is 17.3 Å². The molecule has 1 saturated heterocycles. The molecule has 0 spiro atoms. The number of piperidine rings is 1. The van der Waals surface area contributed by atoms with E-state index in [1.807, 2.05) is 0 Å². The molecule has 0 aliphatic carbocycles. The van der Waals surface area contributed by atoms with E-state index >= 15 is 0 Å². The van der Waals surface area contributed by atoms with Gasteiger partial charge in [0.25, 0.3) is 0 Å². The Bertz CT molecular complexity index is 217. The van der Waals surface area contributed by atoms with E-state index in [4.69, 9.17) is 0 Å². The van der Waals surface area contributed by atoms with Crippen molar-refractivity contribution in [1.82, 2.24) is 10.2 Å². The van der Waals surface area contributed by atoms with Crippen LogP contribution in [-0.2, 0) is 0 Å². The molecule has 0 bridgehead atoms. The van der Waals surface area contributed by atoms with E-state index in [1.165, 1.54) is 45.4 Å². The summed E-state index contributed by atoms with van der Waals surface area (Å²) in [6, 6.07) is 0. The van der Waals surface area contributed by atoms with Gasteiger partial charge in [-0.3, -0.25) is 0 Å². The predicted molar refractivity (Wildman–Crippen MR) is 80.9 cm³/mol. The van der Waals surface area contributed by atoms with Crippen molar-refractivity contribution in [2.45, 2.75) is 53.9 Å². The quantitative estimate of drug-likeness (QED) is 0.749. The third-order valence-electron chi connectivity index (χ3n) is 4.53. The number of rotatable bonds is 7. The van der Waals surface area contributed by atoms with E-state index in [1.54, 1.807) is 0 Å². The van der Waals surface area contributed by atoms with E-state index in [0.717, 1.165) is 18.4 Å². The molecule has 0 aromatic rings. The second kappa shape index (κ2) is 7.49. The lowest BCUT2D eigenvalue weighted by Gasteiger charge is -2.39. The van der Waals surface area contributed by atoms with Crippen LogP contribution >= 0.6 is 0 Å². The zero-order chi connectivity index (χ0) is 13.6. The zero-order valence-electron chi connectivity index (χ0n) is 13.3. The van der Waals surface area contributed by atoms with Gasteiger partial charge in [-0.05, 0) is 56.3 Å². The van der Waals surface area contributed by atoms with Crippen LogP contribution in [0.3, 0.4) is 0 Å². The van der Waals surface area contributed by atoms with Crippen LogP contribution in [-0.4, -0.2) is 37.6 Å². The molecule has 1 unspecified atom stereocenters. The standard InChI is InChI=1S/C16H34N2/c1-6-16(5)7-9-18(10-8-16)13-15(4)12-17-11-14(2)3/h14-15,17H,6-13H2,1-5H3. The maximum atomic E-state index is 3.57. The van der Waals surface area contributed by atoms with Crippen LogP contribution in [0.4, 0.5) is 0 Å². The number of likely N-dealkylation sites (tertiary alicyclic amines) is 1. The Hall–Kier alpha value is -0.0800. The highest BCUT2D eigenvalue weighted by Crippen LogP contribution is 2.33. The van der Waals surface area contributed by atoms with Crippen molar-refractivity contribution >= 4 is 0 Å². The SMILES string of the molecule is CCC1(C)CCN(CC(C)CNCC(C)C)CC1. The van der Waals surface area contributed by atoms with Crippen molar-refractivity contribution in [1.29, 1.82) is 0 Å². The largest absolute Gasteiger partial charge is 0.316 e. The van der Waals surface area contributed by atoms with Crippen molar-refractivity contribution in [3.8, 4) is 0 Å². The molecule has 0 aromatic heterocycles. The van der Waals surface area contributed by atoms with Crippen molar-refractivity contribution in [2.75, 3.05) is 32.7 Å². The summed E-state index contributed by atoms with van der Waals surface area (Å²) in [5.74, 6) is 1.53. The molecule has 0 saturated carbocycles. The van der Waals surface area contributed by atoms with Gasteiger partial charge in [-0.2, -0.15) is 0 Å². The Morgan fingerprint density at radius 3 is 2.22 bits per heavy atom. The van der Waals surface area contributed by atoms with Gasteiger partial charge in [-0.25, -0.2) is 0 Å². The maximum absolute atomic E-state index is 3.57. The summed E-state index contributed by atoms with van der Waals surface area (Å²) < 4.78 is 0. The van der Waals surface area contributed by atoms with Crippen molar-refractivity contribution in [3.63, 3.8) is 0 Å². The Morgan fingerprint density at radius 1 is 1.11 bits per heavy atom. The van der Waals surface area contributed by atoms with Gasteiger partial charge in [0.05, 0.1) is 0 Å². The molecule has 2 heteroatoms. The predicted octanol–water partition coefficient (Wildman–Crippen LogP) is 3.38. The molecule has 108 valence electrons. The summed E-state index contributed by atoms with van der Waals surface area (Å²) in [6.07, 6.45) is 4.11. The highest BCUT2D eigenvalue weighted by Gasteiger charge is 2.28. The summed E-state index contributed by atoms with van der Waals surface area (Å²) >= 11 is 0. The van der Waals surface area contributed by atoms with E-state index in [-0.39, 0.29) is 0 Å². The molecule has 1 heterocycles. The minimum absolute atomic E-state index is 0.621. The van der Waals surface area contributed by atoms with Gasteiger partial charge in [-0.1, -0.05) is 41.0 Å². The highest BCUT2D eigenvalue weighted by molar-refractivity contribution is 4.82. The summed E-state index contributed by atoms with van der Waals surface area (Å²) in [4.78, 5) is 2.67. The van der Waals surface area contributed by atoms with Crippen molar-refractivity contribution in [3.05, 3.63) is 0 Å². The first-order valence-electron chi connectivity index (χ1n) is 7.88. The van der Waals surface area contributed by atoms with E-state index < -0.39 is 0 Å². The van der Waals surface area contributed by atoms with Crippen LogP contribution in [0.1, 0.15) is 53.9 Å². The Morgan fingerprint density at radius 2 is 1.72 bits per heavy atom. The van der Waals surface area contributed by atoms with Gasteiger partial charge in [-0.15, -0.1) is 0 Å². The van der Waals surface area contributed by atoms with E-state index in [0.29, 0.717) is 5.41 Å². The van der Waals surface area contributed by atoms with Gasteiger partial charge < -0.3 is 10.2 Å². The average molecular weight is 254 g/mol. The molecule has 1 rings (SSSR count). The molecule has 1 N–H and O–H groups in total. The van der Waals surface area contributed by atoms with Gasteiger partial charge in [0.1, 0.15) is 0 Å². The maximum Gasteiger partial charge on any atom is 0.00191 e. The minimum atomic E-state index is 0.621. The third-order valence-corrected chi connectivity index (χ3v) is 4.53. The van der Waals surface area contributed by atoms with Crippen LogP contribution in [0.5, 0.6) is 0 Å². The van der Waals surface area contributed by atoms with Crippen LogP contribution < -0.4 is 5.32 Å². The van der Waals surface area contributed by atoms with Crippen LogP contribution in [0.25, 0.3) is 0 Å². The zero-order valence-corrected chi connectivity index (χ0v) is 13.3. The topological polar surface area (TPSA) is 15.3 Å². The number of nitrogens with zero attached hydrogens (tertiary/aromatic N) is 1. The Balaban J connectivity index is 2.16. The van der Waals surface area contributed by atoms with Crippen LogP contribution in [0.2, 0.25) is 0 Å². The fourth-order valence-electron chi connectivity index (χ4n) is 2.75. The van der Waals surface area contributed by atoms with Crippen molar-refractivity contribution in [2.24, 2.45) is 17.3 Å². The normalized spacial score (nSPS) is 22.3. The molecule has 1 aliphatic rings. The monoisotopic (exact) mass is 254 g/mol. The second-order valence-corrected chi connectivity index (χ2v) is 7.12. The molecule has 1 atom stereocenters. The molecule has 0 radical (unpaired) electrons. The summed E-state index contributed by atoms with van der Waals surface area (Å²) in [6.45, 7) is 17.9. The van der Waals surface area contributed by atoms with Gasteiger partial charge in [0.2, 0.25) is 0 Å². The number of nitrogens with one attached hydrogen (secondary N) is 1. The third kappa shape index (κ3) is 5.71. The fraction of sp³-hybridized carbons (Fsp3) is 1.00. The smallest absolute Gasteiger partial charge is 0.00191 e. The Labute approximate surface area is 115 Å². The fourth-order valence-corrected chi connectivity index (χ4v) is 2.75. The van der Waals surface area contributed by atoms with Gasteiger partial charge in [0, 0.05) is 6.54 Å². The highest BCUT2D eigenvalue weighted by atomic mass is 15.1. The molecular formula is C16H34N2. The summed E-state index contributed by atoms with van der Waals surface area (Å²) in [5.41, 5.74) is 0.621. The molecule has 1 fully saturated rings. The van der Waals surface area contributed by atoms with Crippen LogP contribution in [0.15, 0.2) is 0 Å². The molecular weight excluding hydrogens is 220 g/mol. The molecule has 0 amide bonds. The molecule has 0 aromatic carbocycles. The minimum Gasteiger partial charge on any atom is -0.316 e. The lowest BCUT2D eigenvalue weighted by molar-refractivity contribution is 0.103. The first kappa shape index (κ1) is 16.0. The number of hydrogen-bond donors (Lipinski definition) is 1. The average Bonchev–Trinajstić information content (AvgIpc) is 2.32.